The zero-order valence-electron chi connectivity index (χ0n) is 63.4. The molecule has 0 N–H and O–H groups in total. The third-order valence-electron chi connectivity index (χ3n) is 17.7. The van der Waals surface area contributed by atoms with Crippen LogP contribution in [0.25, 0.3) is 0 Å². The van der Waals surface area contributed by atoms with Gasteiger partial charge < -0.3 is 4.74 Å². The van der Waals surface area contributed by atoms with Crippen LogP contribution in [-0.4, -0.2) is 12.6 Å². The highest BCUT2D eigenvalue weighted by atomic mass is 16.5. The summed E-state index contributed by atoms with van der Waals surface area (Å²) in [4.78, 5) is 11.5. The predicted molar refractivity (Wildman–Crippen MR) is 413 cm³/mol. The van der Waals surface area contributed by atoms with Crippen molar-refractivity contribution in [3.8, 4) is 0 Å². The quantitative estimate of drug-likeness (QED) is 0.0448. The van der Waals surface area contributed by atoms with Gasteiger partial charge in [0.1, 0.15) is 0 Å². The molecule has 0 aromatic carbocycles. The average molecular weight is 1250 g/mol. The topological polar surface area (TPSA) is 26.3 Å². The minimum Gasteiger partial charge on any atom is -0.466 e. The van der Waals surface area contributed by atoms with Gasteiger partial charge in [-0.2, -0.15) is 0 Å². The molecule has 0 amide bonds. The van der Waals surface area contributed by atoms with E-state index in [9.17, 15) is 4.79 Å². The molecule has 2 heteroatoms. The standard InChI is InChI=1S/C89H144O2/c1-20-91-89(90)71-37-70-88(19)69-36-68-87(18)67-35-66-86(17)65-34-64-85(16)63-33-62-84(15)61-32-60-83(14)59-31-58-82(13)57-30-56-81(12)55-29-54-80(11)53-28-52-79(10)51-27-50-78(9)49-26-48-77(8)47-25-46-76(7)45-24-44-75(6)43-23-42-74(5)41-22-40-73(4)39-21-38-72(2)3/h38,40,42,44,46,48,50,52,54,56,58,60,62,64,66,68,70H,20-37,39,41,43,45,47,49,51,53,55,57,59,61,63,65,67,69,71H2,1-19H3/b73-40+,74-42+,75-44-,76-46-,77-48-,78-50-,79-52-,80-54-,81-56-,82-58-,83-60-,84-62-,85-64-,86-66-,87-68-,88-70-. The third-order valence-corrected chi connectivity index (χ3v) is 17.7. The normalized spacial score (nSPS) is 15.0. The summed E-state index contributed by atoms with van der Waals surface area (Å²) in [6, 6.07) is 0. The second-order valence-corrected chi connectivity index (χ2v) is 28.1. The fraction of sp³-hybridized carbons (Fsp3) is 0.607. The second-order valence-electron chi connectivity index (χ2n) is 28.1. The van der Waals surface area contributed by atoms with Crippen LogP contribution >= 0.6 is 0 Å². The number of carbonyl (C=O) groups is 1. The summed E-state index contributed by atoms with van der Waals surface area (Å²) < 4.78 is 5.02. The van der Waals surface area contributed by atoms with Crippen LogP contribution in [0.3, 0.4) is 0 Å². The number of rotatable bonds is 52. The Balaban J connectivity index is 4.34. The van der Waals surface area contributed by atoms with Gasteiger partial charge in [-0.15, -0.1) is 0 Å². The lowest BCUT2D eigenvalue weighted by molar-refractivity contribution is -0.143. The van der Waals surface area contributed by atoms with Crippen LogP contribution in [0.15, 0.2) is 198 Å². The highest BCUT2D eigenvalue weighted by Gasteiger charge is 2.03. The molecule has 0 atom stereocenters. The van der Waals surface area contributed by atoms with Crippen LogP contribution in [0.1, 0.15) is 350 Å². The zero-order chi connectivity index (χ0) is 67.9. The van der Waals surface area contributed by atoms with Gasteiger partial charge in [-0.25, -0.2) is 0 Å². The van der Waals surface area contributed by atoms with Gasteiger partial charge in [0.2, 0.25) is 0 Å². The van der Waals surface area contributed by atoms with E-state index in [0.717, 1.165) is 141 Å². The van der Waals surface area contributed by atoms with Crippen molar-refractivity contribution in [3.05, 3.63) is 198 Å². The van der Waals surface area contributed by atoms with Crippen molar-refractivity contribution in [2.45, 2.75) is 350 Å². The second kappa shape index (κ2) is 57.7. The van der Waals surface area contributed by atoms with E-state index in [-0.39, 0.29) is 5.97 Å². The Morgan fingerprint density at radius 3 is 0.407 bits per heavy atom. The molecule has 91 heavy (non-hydrogen) atoms. The first-order chi connectivity index (χ1) is 43.5. The van der Waals surface area contributed by atoms with Crippen molar-refractivity contribution in [1.82, 2.24) is 0 Å². The highest BCUT2D eigenvalue weighted by molar-refractivity contribution is 5.69. The Morgan fingerprint density at radius 1 is 0.187 bits per heavy atom. The van der Waals surface area contributed by atoms with Gasteiger partial charge in [-0.3, -0.25) is 4.79 Å². The lowest BCUT2D eigenvalue weighted by Gasteiger charge is -2.05. The number of carbonyl (C=O) groups excluding carboxylic acids is 1. The molecule has 0 aromatic rings. The maximum atomic E-state index is 11.5. The average Bonchev–Trinajstić information content (AvgIpc) is 3.52. The van der Waals surface area contributed by atoms with Gasteiger partial charge in [0.05, 0.1) is 6.61 Å². The molecule has 0 aliphatic heterocycles. The van der Waals surface area contributed by atoms with Crippen molar-refractivity contribution < 1.29 is 9.53 Å². The maximum Gasteiger partial charge on any atom is 0.306 e. The Bertz CT molecular complexity index is 2570. The Hall–Kier alpha value is -4.95. The third kappa shape index (κ3) is 58.6. The molecule has 512 valence electrons. The summed E-state index contributed by atoms with van der Waals surface area (Å²) in [5, 5.41) is 0. The molecule has 0 bridgehead atoms. The van der Waals surface area contributed by atoms with Crippen molar-refractivity contribution in [2.24, 2.45) is 0 Å². The molecule has 0 unspecified atom stereocenters. The monoisotopic (exact) mass is 1250 g/mol. The largest absolute Gasteiger partial charge is 0.466 e. The first-order valence-electron chi connectivity index (χ1n) is 36.8. The van der Waals surface area contributed by atoms with Gasteiger partial charge in [0.15, 0.2) is 0 Å². The number of hydrogen-bond acceptors (Lipinski definition) is 2. The molecule has 0 heterocycles. The summed E-state index contributed by atoms with van der Waals surface area (Å²) in [5.41, 5.74) is 25.6. The highest BCUT2D eigenvalue weighted by Crippen LogP contribution is 2.22. The molecule has 0 saturated heterocycles. The van der Waals surface area contributed by atoms with Crippen molar-refractivity contribution >= 4 is 5.97 Å². The molecule has 0 aliphatic rings. The van der Waals surface area contributed by atoms with E-state index in [4.69, 9.17) is 4.74 Å². The summed E-state index contributed by atoms with van der Waals surface area (Å²) in [6.45, 7) is 43.4. The minimum atomic E-state index is -0.102. The van der Waals surface area contributed by atoms with E-state index in [2.05, 4.69) is 228 Å². The van der Waals surface area contributed by atoms with Gasteiger partial charge >= 0.3 is 5.97 Å². The molecular formula is C89H144O2. The number of hydrogen-bond donors (Lipinski definition) is 0. The van der Waals surface area contributed by atoms with Crippen LogP contribution in [0, 0.1) is 0 Å². The summed E-state index contributed by atoms with van der Waals surface area (Å²) >= 11 is 0. The van der Waals surface area contributed by atoms with E-state index < -0.39 is 0 Å². The van der Waals surface area contributed by atoms with Gasteiger partial charge in [0.25, 0.3) is 0 Å². The molecule has 0 spiro atoms. The molecular weight excluding hydrogens is 1100 g/mol. The van der Waals surface area contributed by atoms with E-state index in [0.29, 0.717) is 13.0 Å². The molecule has 0 saturated carbocycles. The molecule has 0 radical (unpaired) electrons. The van der Waals surface area contributed by atoms with Gasteiger partial charge in [-0.1, -0.05) is 198 Å². The summed E-state index contributed by atoms with van der Waals surface area (Å²) in [5.74, 6) is -0.102. The Morgan fingerprint density at radius 2 is 0.297 bits per heavy atom. The molecule has 0 aliphatic carbocycles. The van der Waals surface area contributed by atoms with E-state index >= 15 is 0 Å². The van der Waals surface area contributed by atoms with E-state index in [1.54, 1.807) is 0 Å². The number of allylic oxidation sites excluding steroid dienone is 34. The smallest absolute Gasteiger partial charge is 0.306 e. The lowest BCUT2D eigenvalue weighted by Crippen LogP contribution is -2.02. The van der Waals surface area contributed by atoms with E-state index in [1.165, 1.54) is 165 Å². The summed E-state index contributed by atoms with van der Waals surface area (Å²) in [7, 11) is 0. The maximum absolute atomic E-state index is 11.5. The predicted octanol–water partition coefficient (Wildman–Crippen LogP) is 29.9. The van der Waals surface area contributed by atoms with Crippen LogP contribution in [-0.2, 0) is 9.53 Å². The number of ether oxygens (including phenoxy) is 1. The Labute approximate surface area is 566 Å². The van der Waals surface area contributed by atoms with Gasteiger partial charge in [0, 0.05) is 6.42 Å². The zero-order valence-corrected chi connectivity index (χ0v) is 63.4. The fourth-order valence-electron chi connectivity index (χ4n) is 11.1. The number of esters is 1. The fourth-order valence-corrected chi connectivity index (χ4v) is 11.1. The van der Waals surface area contributed by atoms with Crippen molar-refractivity contribution in [1.29, 1.82) is 0 Å². The van der Waals surface area contributed by atoms with Crippen LogP contribution in [0.2, 0.25) is 0 Å². The minimum absolute atomic E-state index is 0.102. The van der Waals surface area contributed by atoms with E-state index in [1.807, 2.05) is 6.92 Å². The van der Waals surface area contributed by atoms with Crippen LogP contribution in [0.4, 0.5) is 0 Å². The lowest BCUT2D eigenvalue weighted by atomic mass is 10.0. The first-order valence-corrected chi connectivity index (χ1v) is 36.8. The first kappa shape index (κ1) is 86.0. The molecule has 0 rings (SSSR count). The summed E-state index contributed by atoms with van der Waals surface area (Å²) in [6.07, 6.45) is 79.5. The van der Waals surface area contributed by atoms with Crippen LogP contribution < -0.4 is 0 Å². The molecule has 0 aromatic heterocycles. The van der Waals surface area contributed by atoms with Gasteiger partial charge in [-0.05, 0) is 343 Å². The SMILES string of the molecule is CCOC(=O)CC/C=C(/C)CC/C=C(/C)CC/C=C(/C)CC/C=C(/C)CC/C=C(/C)CC/C=C(/C)CC/C=C(/C)CC/C=C(/C)CC/C=C(/C)CC/C=C(/C)CC/C=C(/C)CC/C=C(/C)CC/C=C(/C)CC/C=C(/C)CC/C=C(\C)CC/C=C(\C)CCC=C(C)C. The molecule has 0 fully saturated rings. The van der Waals surface area contributed by atoms with Crippen molar-refractivity contribution in [3.63, 3.8) is 0 Å². The Kier molecular flexibility index (Phi) is 54.6. The van der Waals surface area contributed by atoms with Crippen LogP contribution in [0.5, 0.6) is 0 Å². The molecule has 2 nitrogen and oxygen atoms in total. The van der Waals surface area contributed by atoms with Crippen molar-refractivity contribution in [2.75, 3.05) is 6.61 Å².